The third-order valence-electron chi connectivity index (χ3n) is 2.20. The molecule has 0 fully saturated rings. The van der Waals surface area contributed by atoms with Crippen LogP contribution in [0, 0.1) is 0 Å². The van der Waals surface area contributed by atoms with Crippen molar-refractivity contribution in [3.05, 3.63) is 34.7 Å². The molecule has 0 atom stereocenters. The first kappa shape index (κ1) is 12.3. The number of aromatic nitrogens is 2. The maximum absolute atomic E-state index is 11.6. The predicted molar refractivity (Wildman–Crippen MR) is 68.5 cm³/mol. The number of nitrogens with zero attached hydrogens (tertiary/aromatic N) is 1. The van der Waals surface area contributed by atoms with Gasteiger partial charge in [-0.1, -0.05) is 0 Å². The molecule has 0 aliphatic heterocycles. The molecule has 7 heteroatoms. The summed E-state index contributed by atoms with van der Waals surface area (Å²) in [6.45, 7) is 0.300. The average molecular weight is 264 g/mol. The van der Waals surface area contributed by atoms with E-state index in [1.54, 1.807) is 23.7 Å². The molecule has 94 valence electrons. The van der Waals surface area contributed by atoms with Crippen molar-refractivity contribution in [3.8, 4) is 0 Å². The van der Waals surface area contributed by atoms with E-state index in [-0.39, 0.29) is 18.2 Å². The highest BCUT2D eigenvalue weighted by Crippen LogP contribution is 2.05. The molecule has 2 aromatic heterocycles. The van der Waals surface area contributed by atoms with Crippen LogP contribution in [-0.4, -0.2) is 28.6 Å². The molecule has 0 saturated heterocycles. The van der Waals surface area contributed by atoms with Crippen molar-refractivity contribution in [1.29, 1.82) is 0 Å². The Morgan fingerprint density at radius 1 is 1.39 bits per heavy atom. The number of hydrogen-bond acceptors (Lipinski definition) is 4. The molecule has 2 aromatic rings. The standard InChI is InChI=1S/C11H12N4O2S/c16-10(14-9-1-5-13-15-9)2-4-12-11(17)8-3-6-18-7-8/h1,3,5-7H,2,4H2,(H,12,17)(H2,13,14,15,16). The van der Waals surface area contributed by atoms with E-state index in [2.05, 4.69) is 20.8 Å². The monoisotopic (exact) mass is 264 g/mol. The minimum Gasteiger partial charge on any atom is -0.351 e. The number of nitrogens with one attached hydrogen (secondary N) is 3. The SMILES string of the molecule is O=C(CCNC(=O)c1ccsc1)Nc1ccn[nH]1. The van der Waals surface area contributed by atoms with Crippen molar-refractivity contribution in [2.24, 2.45) is 0 Å². The van der Waals surface area contributed by atoms with Gasteiger partial charge in [-0.3, -0.25) is 14.7 Å². The summed E-state index contributed by atoms with van der Waals surface area (Å²) in [5, 5.41) is 15.2. The van der Waals surface area contributed by atoms with Crippen molar-refractivity contribution >= 4 is 29.0 Å². The normalized spacial score (nSPS) is 10.0. The molecule has 0 aromatic carbocycles. The summed E-state index contributed by atoms with van der Waals surface area (Å²) in [5.74, 6) is 0.208. The maximum Gasteiger partial charge on any atom is 0.252 e. The number of aromatic amines is 1. The van der Waals surface area contributed by atoms with Gasteiger partial charge in [-0.25, -0.2) is 0 Å². The maximum atomic E-state index is 11.6. The molecule has 2 amide bonds. The van der Waals surface area contributed by atoms with Crippen LogP contribution in [0.15, 0.2) is 29.1 Å². The van der Waals surface area contributed by atoms with Gasteiger partial charge < -0.3 is 10.6 Å². The summed E-state index contributed by atoms with van der Waals surface area (Å²) in [6, 6.07) is 3.40. The lowest BCUT2D eigenvalue weighted by Crippen LogP contribution is -2.27. The Labute approximate surface area is 107 Å². The van der Waals surface area contributed by atoms with Gasteiger partial charge in [-0.15, -0.1) is 0 Å². The second kappa shape index (κ2) is 5.97. The average Bonchev–Trinajstić information content (AvgIpc) is 3.00. The van der Waals surface area contributed by atoms with Gasteiger partial charge in [0.2, 0.25) is 5.91 Å². The van der Waals surface area contributed by atoms with E-state index in [0.29, 0.717) is 17.9 Å². The second-order valence-electron chi connectivity index (χ2n) is 3.54. The molecule has 0 aliphatic rings. The first-order chi connectivity index (χ1) is 8.75. The van der Waals surface area contributed by atoms with Crippen LogP contribution in [0.5, 0.6) is 0 Å². The third-order valence-corrected chi connectivity index (χ3v) is 2.88. The molecule has 0 spiro atoms. The molecule has 0 aliphatic carbocycles. The number of thiophene rings is 1. The van der Waals surface area contributed by atoms with E-state index in [1.165, 1.54) is 11.3 Å². The summed E-state index contributed by atoms with van der Waals surface area (Å²) in [5.41, 5.74) is 0.619. The molecule has 0 bridgehead atoms. The highest BCUT2D eigenvalue weighted by atomic mass is 32.1. The highest BCUT2D eigenvalue weighted by Gasteiger charge is 2.07. The van der Waals surface area contributed by atoms with E-state index in [1.807, 2.05) is 5.38 Å². The lowest BCUT2D eigenvalue weighted by molar-refractivity contribution is -0.116. The van der Waals surface area contributed by atoms with Crippen LogP contribution in [0.4, 0.5) is 5.82 Å². The Kier molecular flexibility index (Phi) is 4.08. The zero-order chi connectivity index (χ0) is 12.8. The number of carbonyl (C=O) groups is 2. The molecule has 6 nitrogen and oxygen atoms in total. The fourth-order valence-electron chi connectivity index (χ4n) is 1.32. The van der Waals surface area contributed by atoms with Crippen LogP contribution in [0.2, 0.25) is 0 Å². The van der Waals surface area contributed by atoms with Crippen LogP contribution in [0.25, 0.3) is 0 Å². The van der Waals surface area contributed by atoms with Crippen LogP contribution >= 0.6 is 11.3 Å². The Morgan fingerprint density at radius 2 is 2.28 bits per heavy atom. The largest absolute Gasteiger partial charge is 0.351 e. The van der Waals surface area contributed by atoms with Crippen LogP contribution in [-0.2, 0) is 4.79 Å². The predicted octanol–water partition coefficient (Wildman–Crippen LogP) is 1.23. The zero-order valence-electron chi connectivity index (χ0n) is 9.47. The first-order valence-corrected chi connectivity index (χ1v) is 6.29. The summed E-state index contributed by atoms with van der Waals surface area (Å²) in [4.78, 5) is 23.0. The van der Waals surface area contributed by atoms with Gasteiger partial charge >= 0.3 is 0 Å². The van der Waals surface area contributed by atoms with Crippen LogP contribution in [0.3, 0.4) is 0 Å². The number of anilines is 1. The lowest BCUT2D eigenvalue weighted by Gasteiger charge is -2.04. The van der Waals surface area contributed by atoms with E-state index in [9.17, 15) is 9.59 Å². The number of hydrogen-bond donors (Lipinski definition) is 3. The van der Waals surface area contributed by atoms with Gasteiger partial charge in [0, 0.05) is 30.0 Å². The van der Waals surface area contributed by atoms with E-state index in [4.69, 9.17) is 0 Å². The molecular formula is C11H12N4O2S. The molecule has 0 saturated carbocycles. The van der Waals surface area contributed by atoms with E-state index >= 15 is 0 Å². The highest BCUT2D eigenvalue weighted by molar-refractivity contribution is 7.08. The van der Waals surface area contributed by atoms with Crippen molar-refractivity contribution in [2.75, 3.05) is 11.9 Å². The fourth-order valence-corrected chi connectivity index (χ4v) is 1.96. The topological polar surface area (TPSA) is 86.9 Å². The van der Waals surface area contributed by atoms with Gasteiger partial charge in [-0.2, -0.15) is 16.4 Å². The van der Waals surface area contributed by atoms with Gasteiger partial charge in [0.1, 0.15) is 5.82 Å². The molecule has 0 unspecified atom stereocenters. The summed E-state index contributed by atoms with van der Waals surface area (Å²) < 4.78 is 0. The number of carbonyl (C=O) groups excluding carboxylic acids is 2. The van der Waals surface area contributed by atoms with Crippen molar-refractivity contribution in [1.82, 2.24) is 15.5 Å². The molecule has 2 heterocycles. The second-order valence-corrected chi connectivity index (χ2v) is 4.32. The van der Waals surface area contributed by atoms with Gasteiger partial charge in [0.05, 0.1) is 6.20 Å². The lowest BCUT2D eigenvalue weighted by atomic mass is 10.3. The quantitative estimate of drug-likeness (QED) is 0.759. The smallest absolute Gasteiger partial charge is 0.252 e. The minimum atomic E-state index is -0.176. The molecule has 3 N–H and O–H groups in total. The Balaban J connectivity index is 1.69. The fraction of sp³-hybridized carbons (Fsp3) is 0.182. The van der Waals surface area contributed by atoms with Crippen molar-refractivity contribution < 1.29 is 9.59 Å². The number of H-pyrrole nitrogens is 1. The molecular weight excluding hydrogens is 252 g/mol. The first-order valence-electron chi connectivity index (χ1n) is 5.35. The Morgan fingerprint density at radius 3 is 2.94 bits per heavy atom. The Bertz CT molecular complexity index is 507. The summed E-state index contributed by atoms with van der Waals surface area (Å²) in [6.07, 6.45) is 1.77. The van der Waals surface area contributed by atoms with Crippen LogP contribution in [0.1, 0.15) is 16.8 Å². The minimum absolute atomic E-state index is 0.161. The number of amides is 2. The van der Waals surface area contributed by atoms with E-state index < -0.39 is 0 Å². The Hall–Kier alpha value is -2.15. The van der Waals surface area contributed by atoms with E-state index in [0.717, 1.165) is 0 Å². The summed E-state index contributed by atoms with van der Waals surface area (Å²) in [7, 11) is 0. The van der Waals surface area contributed by atoms with Crippen LogP contribution < -0.4 is 10.6 Å². The van der Waals surface area contributed by atoms with Crippen molar-refractivity contribution in [3.63, 3.8) is 0 Å². The molecule has 0 radical (unpaired) electrons. The molecule has 2 rings (SSSR count). The van der Waals surface area contributed by atoms with Crippen molar-refractivity contribution in [2.45, 2.75) is 6.42 Å². The zero-order valence-corrected chi connectivity index (χ0v) is 10.3. The number of rotatable bonds is 5. The third kappa shape index (κ3) is 3.42. The molecule has 18 heavy (non-hydrogen) atoms. The van der Waals surface area contributed by atoms with Gasteiger partial charge in [0.15, 0.2) is 0 Å². The summed E-state index contributed by atoms with van der Waals surface area (Å²) >= 11 is 1.46. The van der Waals surface area contributed by atoms with Gasteiger partial charge in [0.25, 0.3) is 5.91 Å². The van der Waals surface area contributed by atoms with Gasteiger partial charge in [-0.05, 0) is 11.4 Å².